The molecule has 0 saturated carbocycles. The molecule has 0 aromatic heterocycles. The van der Waals surface area contributed by atoms with Crippen LogP contribution in [-0.2, 0) is 4.79 Å². The Bertz CT molecular complexity index is 471. The summed E-state index contributed by atoms with van der Waals surface area (Å²) < 4.78 is 18.2. The number of hydrogen-bond donors (Lipinski definition) is 2. The van der Waals surface area contributed by atoms with E-state index in [2.05, 4.69) is 10.6 Å². The lowest BCUT2D eigenvalue weighted by Gasteiger charge is -2.25. The molecule has 104 valence electrons. The topological polar surface area (TPSA) is 50.4 Å². The molecular weight excluding hydrogens is 247 g/mol. The molecule has 1 aromatic carbocycles. The Labute approximate surface area is 112 Å². The van der Waals surface area contributed by atoms with Crippen molar-refractivity contribution in [2.75, 3.05) is 25.5 Å². The quantitative estimate of drug-likeness (QED) is 0.878. The zero-order valence-corrected chi connectivity index (χ0v) is 11.3. The maximum Gasteiger partial charge on any atom is 0.232 e. The van der Waals surface area contributed by atoms with Gasteiger partial charge in [-0.1, -0.05) is 6.92 Å². The van der Waals surface area contributed by atoms with Crippen LogP contribution >= 0.6 is 0 Å². The molecule has 1 unspecified atom stereocenters. The Morgan fingerprint density at radius 1 is 1.58 bits per heavy atom. The number of carbonyl (C=O) groups is 1. The first-order valence-electron chi connectivity index (χ1n) is 6.47. The van der Waals surface area contributed by atoms with Crippen molar-refractivity contribution in [3.63, 3.8) is 0 Å². The minimum Gasteiger partial charge on any atom is -0.494 e. The number of amides is 1. The van der Waals surface area contributed by atoms with Gasteiger partial charge in [0.2, 0.25) is 5.91 Å². The summed E-state index contributed by atoms with van der Waals surface area (Å²) >= 11 is 0. The number of hydrogen-bond acceptors (Lipinski definition) is 3. The number of nitrogens with one attached hydrogen (secondary N) is 2. The first-order valence-corrected chi connectivity index (χ1v) is 6.47. The minimum absolute atomic E-state index is 0.0371. The van der Waals surface area contributed by atoms with Crippen LogP contribution in [0.2, 0.25) is 0 Å². The van der Waals surface area contributed by atoms with Gasteiger partial charge >= 0.3 is 0 Å². The average molecular weight is 266 g/mol. The molecule has 1 fully saturated rings. The van der Waals surface area contributed by atoms with Gasteiger partial charge in [0.05, 0.1) is 18.2 Å². The van der Waals surface area contributed by atoms with E-state index in [4.69, 9.17) is 4.74 Å². The lowest BCUT2D eigenvalue weighted by atomic mass is 9.83. The van der Waals surface area contributed by atoms with Crippen LogP contribution in [0.5, 0.6) is 5.75 Å². The van der Waals surface area contributed by atoms with Gasteiger partial charge in [0.15, 0.2) is 0 Å². The summed E-state index contributed by atoms with van der Waals surface area (Å²) in [5.74, 6) is -0.0851. The van der Waals surface area contributed by atoms with Crippen LogP contribution in [-0.4, -0.2) is 26.1 Å². The van der Waals surface area contributed by atoms with Crippen LogP contribution in [0.3, 0.4) is 0 Å². The summed E-state index contributed by atoms with van der Waals surface area (Å²) in [6, 6.07) is 4.10. The average Bonchev–Trinajstić information content (AvgIpc) is 2.90. The highest BCUT2D eigenvalue weighted by atomic mass is 19.1. The molecule has 1 atom stereocenters. The molecule has 2 rings (SSSR count). The van der Waals surface area contributed by atoms with Crippen molar-refractivity contribution in [2.45, 2.75) is 19.8 Å². The summed E-state index contributed by atoms with van der Waals surface area (Å²) in [7, 11) is 1.46. The molecular formula is C14H19FN2O2. The van der Waals surface area contributed by atoms with Crippen molar-refractivity contribution in [3.05, 3.63) is 24.0 Å². The third-order valence-corrected chi connectivity index (χ3v) is 3.81. The Balaban J connectivity index is 2.19. The zero-order valence-electron chi connectivity index (χ0n) is 11.3. The van der Waals surface area contributed by atoms with E-state index in [1.807, 2.05) is 6.92 Å². The van der Waals surface area contributed by atoms with Crippen molar-refractivity contribution >= 4 is 11.6 Å². The van der Waals surface area contributed by atoms with Gasteiger partial charge in [-0.3, -0.25) is 4.79 Å². The smallest absolute Gasteiger partial charge is 0.232 e. The van der Waals surface area contributed by atoms with Crippen LogP contribution in [0, 0.1) is 11.2 Å². The van der Waals surface area contributed by atoms with Crippen LogP contribution < -0.4 is 15.4 Å². The Kier molecular flexibility index (Phi) is 4.04. The third kappa shape index (κ3) is 2.71. The summed E-state index contributed by atoms with van der Waals surface area (Å²) in [5.41, 5.74) is 0.132. The molecule has 0 bridgehead atoms. The van der Waals surface area contributed by atoms with Gasteiger partial charge in [-0.25, -0.2) is 4.39 Å². The van der Waals surface area contributed by atoms with E-state index >= 15 is 0 Å². The summed E-state index contributed by atoms with van der Waals surface area (Å²) in [4.78, 5) is 12.4. The fourth-order valence-corrected chi connectivity index (χ4v) is 2.42. The van der Waals surface area contributed by atoms with Gasteiger partial charge in [-0.15, -0.1) is 0 Å². The van der Waals surface area contributed by atoms with E-state index in [0.29, 0.717) is 18.0 Å². The van der Waals surface area contributed by atoms with Crippen LogP contribution in [0.15, 0.2) is 18.2 Å². The molecule has 1 amide bonds. The number of halogens is 1. The van der Waals surface area contributed by atoms with Crippen molar-refractivity contribution < 1.29 is 13.9 Å². The second kappa shape index (κ2) is 5.57. The van der Waals surface area contributed by atoms with Gasteiger partial charge in [-0.05, 0) is 31.5 Å². The van der Waals surface area contributed by atoms with Gasteiger partial charge in [0, 0.05) is 12.6 Å². The fourth-order valence-electron chi connectivity index (χ4n) is 2.42. The highest BCUT2D eigenvalue weighted by molar-refractivity contribution is 5.96. The standard InChI is InChI=1S/C14H19FN2O2/c1-3-14(6-7-16-9-14)13(18)17-11-5-4-10(15)8-12(11)19-2/h4-5,8,16H,3,6-7,9H2,1-2H3,(H,17,18). The molecule has 1 aromatic rings. The maximum absolute atomic E-state index is 13.1. The second-order valence-corrected chi connectivity index (χ2v) is 4.86. The SMILES string of the molecule is CCC1(C(=O)Nc2ccc(F)cc2OC)CCNC1. The Morgan fingerprint density at radius 3 is 2.95 bits per heavy atom. The van der Waals surface area contributed by atoms with Crippen molar-refractivity contribution in [2.24, 2.45) is 5.41 Å². The van der Waals surface area contributed by atoms with Crippen LogP contribution in [0.1, 0.15) is 19.8 Å². The van der Waals surface area contributed by atoms with Crippen molar-refractivity contribution in [1.29, 1.82) is 0 Å². The van der Waals surface area contributed by atoms with E-state index < -0.39 is 0 Å². The van der Waals surface area contributed by atoms with Crippen LogP contribution in [0.25, 0.3) is 0 Å². The second-order valence-electron chi connectivity index (χ2n) is 4.86. The van der Waals surface area contributed by atoms with E-state index in [-0.39, 0.29) is 17.1 Å². The first-order chi connectivity index (χ1) is 9.11. The minimum atomic E-state index is -0.386. The van der Waals surface area contributed by atoms with Crippen LogP contribution in [0.4, 0.5) is 10.1 Å². The first kappa shape index (κ1) is 13.8. The lowest BCUT2D eigenvalue weighted by molar-refractivity contribution is -0.124. The predicted molar refractivity (Wildman–Crippen MR) is 71.8 cm³/mol. The number of anilines is 1. The summed E-state index contributed by atoms with van der Waals surface area (Å²) in [6.45, 7) is 3.54. The molecule has 1 aliphatic heterocycles. The van der Waals surface area contributed by atoms with E-state index in [1.165, 1.54) is 25.3 Å². The summed E-state index contributed by atoms with van der Waals surface area (Å²) in [6.07, 6.45) is 1.59. The van der Waals surface area contributed by atoms with Crippen molar-refractivity contribution in [3.8, 4) is 5.75 Å². The Morgan fingerprint density at radius 2 is 2.37 bits per heavy atom. The van der Waals surface area contributed by atoms with Gasteiger partial charge in [-0.2, -0.15) is 0 Å². The molecule has 2 N–H and O–H groups in total. The normalized spacial score (nSPS) is 22.3. The number of carbonyl (C=O) groups excluding carboxylic acids is 1. The molecule has 1 aliphatic rings. The largest absolute Gasteiger partial charge is 0.494 e. The molecule has 0 spiro atoms. The lowest BCUT2D eigenvalue weighted by Crippen LogP contribution is -2.37. The maximum atomic E-state index is 13.1. The van der Waals surface area contributed by atoms with Gasteiger partial charge < -0.3 is 15.4 Å². The molecule has 1 saturated heterocycles. The van der Waals surface area contributed by atoms with E-state index in [0.717, 1.165) is 19.4 Å². The predicted octanol–water partition coefficient (Wildman–Crippen LogP) is 2.16. The number of methoxy groups -OCH3 is 1. The highest BCUT2D eigenvalue weighted by Crippen LogP contribution is 2.33. The monoisotopic (exact) mass is 266 g/mol. The molecule has 4 nitrogen and oxygen atoms in total. The molecule has 0 radical (unpaired) electrons. The Hall–Kier alpha value is -1.62. The number of benzene rings is 1. The molecule has 5 heteroatoms. The van der Waals surface area contributed by atoms with E-state index in [9.17, 15) is 9.18 Å². The molecule has 19 heavy (non-hydrogen) atoms. The fraction of sp³-hybridized carbons (Fsp3) is 0.500. The summed E-state index contributed by atoms with van der Waals surface area (Å²) in [5, 5.41) is 6.07. The van der Waals surface area contributed by atoms with Gasteiger partial charge in [0.25, 0.3) is 0 Å². The van der Waals surface area contributed by atoms with Crippen molar-refractivity contribution in [1.82, 2.24) is 5.32 Å². The zero-order chi connectivity index (χ0) is 13.9. The highest BCUT2D eigenvalue weighted by Gasteiger charge is 2.39. The van der Waals surface area contributed by atoms with E-state index in [1.54, 1.807) is 0 Å². The number of ether oxygens (including phenoxy) is 1. The molecule has 1 heterocycles. The van der Waals surface area contributed by atoms with Gasteiger partial charge in [0.1, 0.15) is 11.6 Å². The third-order valence-electron chi connectivity index (χ3n) is 3.81. The number of rotatable bonds is 4. The molecule has 0 aliphatic carbocycles.